The third-order valence-electron chi connectivity index (χ3n) is 5.15. The van der Waals surface area contributed by atoms with Crippen LogP contribution in [0.15, 0.2) is 24.3 Å². The molecule has 0 radical (unpaired) electrons. The molecule has 1 aromatic rings. The summed E-state index contributed by atoms with van der Waals surface area (Å²) in [6, 6.07) is 8.27. The third kappa shape index (κ3) is 2.84. The molecule has 0 aromatic heterocycles. The number of halogens is 1. The molecule has 1 heterocycles. The minimum Gasteiger partial charge on any atom is -0.296 e. The largest absolute Gasteiger partial charge is 0.296 e. The summed E-state index contributed by atoms with van der Waals surface area (Å²) in [6.07, 6.45) is 9.50. The average molecular weight is 261 g/mol. The molecule has 1 nitrogen and oxygen atoms in total. The van der Waals surface area contributed by atoms with Gasteiger partial charge in [-0.25, -0.2) is 4.39 Å². The van der Waals surface area contributed by atoms with Crippen molar-refractivity contribution in [1.82, 2.24) is 4.90 Å². The standard InChI is InChI=1S/C17H24FN/c1-19-16(11-13-5-2-3-6-13)9-10-17(19)14-7-4-8-15(18)12-14/h4,7-8,12-13,16-17H,2-3,5-6,9-11H2,1H3/t16-,17+/m0/s1. The number of nitrogens with zero attached hydrogens (tertiary/aromatic N) is 1. The summed E-state index contributed by atoms with van der Waals surface area (Å²) in [5.74, 6) is 0.837. The summed E-state index contributed by atoms with van der Waals surface area (Å²) >= 11 is 0. The molecular weight excluding hydrogens is 237 g/mol. The van der Waals surface area contributed by atoms with Crippen molar-refractivity contribution in [3.8, 4) is 0 Å². The van der Waals surface area contributed by atoms with Gasteiger partial charge in [-0.15, -0.1) is 0 Å². The molecule has 0 N–H and O–H groups in total. The predicted molar refractivity (Wildman–Crippen MR) is 76.5 cm³/mol. The fourth-order valence-electron chi connectivity index (χ4n) is 4.04. The summed E-state index contributed by atoms with van der Waals surface area (Å²) in [4.78, 5) is 2.49. The lowest BCUT2D eigenvalue weighted by Crippen LogP contribution is -2.29. The maximum Gasteiger partial charge on any atom is 0.123 e. The van der Waals surface area contributed by atoms with Crippen LogP contribution in [0.2, 0.25) is 0 Å². The topological polar surface area (TPSA) is 3.24 Å². The first-order valence-electron chi connectivity index (χ1n) is 7.71. The quantitative estimate of drug-likeness (QED) is 0.772. The van der Waals surface area contributed by atoms with Crippen molar-refractivity contribution in [3.05, 3.63) is 35.6 Å². The molecule has 1 saturated heterocycles. The van der Waals surface area contributed by atoms with Crippen molar-refractivity contribution < 1.29 is 4.39 Å². The maximum absolute atomic E-state index is 13.4. The van der Waals surface area contributed by atoms with E-state index < -0.39 is 0 Å². The lowest BCUT2D eigenvalue weighted by molar-refractivity contribution is 0.211. The second kappa shape index (κ2) is 5.62. The maximum atomic E-state index is 13.4. The molecule has 1 saturated carbocycles. The monoisotopic (exact) mass is 261 g/mol. The van der Waals surface area contributed by atoms with E-state index in [4.69, 9.17) is 0 Å². The van der Waals surface area contributed by atoms with E-state index in [2.05, 4.69) is 18.0 Å². The van der Waals surface area contributed by atoms with Gasteiger partial charge >= 0.3 is 0 Å². The van der Waals surface area contributed by atoms with Crippen molar-refractivity contribution in [2.24, 2.45) is 5.92 Å². The van der Waals surface area contributed by atoms with E-state index in [1.54, 1.807) is 6.07 Å². The van der Waals surface area contributed by atoms with Crippen LogP contribution in [0.4, 0.5) is 4.39 Å². The molecule has 19 heavy (non-hydrogen) atoms. The number of hydrogen-bond donors (Lipinski definition) is 0. The van der Waals surface area contributed by atoms with Crippen molar-refractivity contribution in [1.29, 1.82) is 0 Å². The van der Waals surface area contributed by atoms with E-state index in [1.165, 1.54) is 51.0 Å². The molecule has 2 aliphatic rings. The molecule has 2 heteroatoms. The molecule has 1 aliphatic carbocycles. The van der Waals surface area contributed by atoms with Crippen LogP contribution in [-0.4, -0.2) is 18.0 Å². The summed E-state index contributed by atoms with van der Waals surface area (Å²) in [5, 5.41) is 0. The molecule has 0 bridgehead atoms. The van der Waals surface area contributed by atoms with Gasteiger partial charge in [0.1, 0.15) is 5.82 Å². The van der Waals surface area contributed by atoms with E-state index >= 15 is 0 Å². The smallest absolute Gasteiger partial charge is 0.123 e. The van der Waals surface area contributed by atoms with Gasteiger partial charge < -0.3 is 0 Å². The first-order chi connectivity index (χ1) is 9.24. The molecule has 2 fully saturated rings. The highest BCUT2D eigenvalue weighted by molar-refractivity contribution is 5.21. The van der Waals surface area contributed by atoms with Gasteiger partial charge in [-0.3, -0.25) is 4.90 Å². The van der Waals surface area contributed by atoms with Gasteiger partial charge in [-0.2, -0.15) is 0 Å². The van der Waals surface area contributed by atoms with E-state index in [0.717, 1.165) is 11.5 Å². The van der Waals surface area contributed by atoms with Crippen molar-refractivity contribution in [2.75, 3.05) is 7.05 Å². The number of benzene rings is 1. The van der Waals surface area contributed by atoms with Crippen LogP contribution in [0.1, 0.15) is 56.6 Å². The Morgan fingerprint density at radius 3 is 2.68 bits per heavy atom. The molecule has 0 amide bonds. The summed E-state index contributed by atoms with van der Waals surface area (Å²) in [7, 11) is 2.22. The second-order valence-corrected chi connectivity index (χ2v) is 6.35. The Hall–Kier alpha value is -0.890. The second-order valence-electron chi connectivity index (χ2n) is 6.35. The fourth-order valence-corrected chi connectivity index (χ4v) is 4.04. The lowest BCUT2D eigenvalue weighted by atomic mass is 9.97. The van der Waals surface area contributed by atoms with Gasteiger partial charge in [0.25, 0.3) is 0 Å². The zero-order chi connectivity index (χ0) is 13.2. The Bertz CT molecular complexity index is 425. The number of rotatable bonds is 3. The zero-order valence-corrected chi connectivity index (χ0v) is 11.8. The summed E-state index contributed by atoms with van der Waals surface area (Å²) < 4.78 is 13.4. The Kier molecular flexibility index (Phi) is 3.88. The molecule has 3 rings (SSSR count). The predicted octanol–water partition coefficient (Wildman–Crippen LogP) is 4.54. The number of likely N-dealkylation sites (tertiary alicyclic amines) is 1. The fraction of sp³-hybridized carbons (Fsp3) is 0.647. The van der Waals surface area contributed by atoms with Gasteiger partial charge in [0.05, 0.1) is 0 Å². The molecule has 0 unspecified atom stereocenters. The zero-order valence-electron chi connectivity index (χ0n) is 11.8. The van der Waals surface area contributed by atoms with Gasteiger partial charge in [0.2, 0.25) is 0 Å². The van der Waals surface area contributed by atoms with E-state index in [0.29, 0.717) is 12.1 Å². The van der Waals surface area contributed by atoms with Gasteiger partial charge in [-0.05, 0) is 49.9 Å². The van der Waals surface area contributed by atoms with Gasteiger partial charge in [0.15, 0.2) is 0 Å². The molecule has 0 spiro atoms. The Labute approximate surface area is 115 Å². The van der Waals surface area contributed by atoms with E-state index in [9.17, 15) is 4.39 Å². The van der Waals surface area contributed by atoms with Crippen LogP contribution in [0.3, 0.4) is 0 Å². The minimum absolute atomic E-state index is 0.106. The SMILES string of the molecule is CN1[C@H](CC2CCCC2)CC[C@@H]1c1cccc(F)c1. The Balaban J connectivity index is 1.66. The molecular formula is C17H24FN. The normalized spacial score (nSPS) is 29.2. The van der Waals surface area contributed by atoms with E-state index in [1.807, 2.05) is 6.07 Å². The average Bonchev–Trinajstić information content (AvgIpc) is 3.01. The first kappa shape index (κ1) is 13.1. The van der Waals surface area contributed by atoms with Crippen molar-refractivity contribution in [3.63, 3.8) is 0 Å². The lowest BCUT2D eigenvalue weighted by Gasteiger charge is -2.28. The Morgan fingerprint density at radius 1 is 1.16 bits per heavy atom. The highest BCUT2D eigenvalue weighted by atomic mass is 19.1. The van der Waals surface area contributed by atoms with Gasteiger partial charge in [0, 0.05) is 12.1 Å². The molecule has 1 aliphatic heterocycles. The van der Waals surface area contributed by atoms with Crippen molar-refractivity contribution in [2.45, 2.75) is 57.0 Å². The highest BCUT2D eigenvalue weighted by Gasteiger charge is 2.33. The molecule has 104 valence electrons. The summed E-state index contributed by atoms with van der Waals surface area (Å²) in [6.45, 7) is 0. The van der Waals surface area contributed by atoms with Gasteiger partial charge in [-0.1, -0.05) is 37.8 Å². The van der Waals surface area contributed by atoms with Crippen LogP contribution in [0, 0.1) is 11.7 Å². The van der Waals surface area contributed by atoms with Crippen molar-refractivity contribution >= 4 is 0 Å². The summed E-state index contributed by atoms with van der Waals surface area (Å²) in [5.41, 5.74) is 1.15. The first-order valence-corrected chi connectivity index (χ1v) is 7.71. The molecule has 1 aromatic carbocycles. The third-order valence-corrected chi connectivity index (χ3v) is 5.15. The van der Waals surface area contributed by atoms with Crippen LogP contribution >= 0.6 is 0 Å². The van der Waals surface area contributed by atoms with Crippen LogP contribution in [0.25, 0.3) is 0 Å². The molecule has 2 atom stereocenters. The van der Waals surface area contributed by atoms with Crippen LogP contribution in [0.5, 0.6) is 0 Å². The minimum atomic E-state index is -0.106. The van der Waals surface area contributed by atoms with E-state index in [-0.39, 0.29) is 5.82 Å². The Morgan fingerprint density at radius 2 is 1.95 bits per heavy atom. The highest BCUT2D eigenvalue weighted by Crippen LogP contribution is 2.39. The van der Waals surface area contributed by atoms with Crippen LogP contribution < -0.4 is 0 Å². The number of hydrogen-bond acceptors (Lipinski definition) is 1. The van der Waals surface area contributed by atoms with Crippen LogP contribution in [-0.2, 0) is 0 Å².